The van der Waals surface area contributed by atoms with Crippen LogP contribution in [0, 0.1) is 0 Å². The van der Waals surface area contributed by atoms with Crippen molar-refractivity contribution in [3.8, 4) is 0 Å². The summed E-state index contributed by atoms with van der Waals surface area (Å²) in [5, 5.41) is 2.18. The number of nitrogens with zero attached hydrogens (tertiary/aromatic N) is 1. The van der Waals surface area contributed by atoms with Crippen molar-refractivity contribution in [1.82, 2.24) is 9.88 Å². The molecule has 0 fully saturated rings. The number of benzene rings is 1. The minimum absolute atomic E-state index is 0.286. The molecule has 0 saturated heterocycles. The van der Waals surface area contributed by atoms with Gasteiger partial charge in [-0.05, 0) is 18.1 Å². The third kappa shape index (κ3) is 5.11. The van der Waals surface area contributed by atoms with E-state index < -0.39 is 34.8 Å². The first kappa shape index (κ1) is 20.0. The molecule has 2 rings (SSSR count). The average molecular weight is 387 g/mol. The van der Waals surface area contributed by atoms with E-state index in [-0.39, 0.29) is 6.04 Å². The summed E-state index contributed by atoms with van der Waals surface area (Å²) in [6.07, 6.45) is -2.60. The first-order valence-corrected chi connectivity index (χ1v) is 8.41. The van der Waals surface area contributed by atoms with Crippen LogP contribution in [0.4, 0.5) is 13.2 Å². The summed E-state index contributed by atoms with van der Waals surface area (Å²) in [7, 11) is 0. The Morgan fingerprint density at radius 3 is 2.50 bits per heavy atom. The van der Waals surface area contributed by atoms with Crippen LogP contribution in [0.25, 0.3) is 0 Å². The van der Waals surface area contributed by atoms with Crippen LogP contribution in [0.1, 0.15) is 36.9 Å². The Kier molecular flexibility index (Phi) is 6.47. The zero-order chi connectivity index (χ0) is 19.3. The van der Waals surface area contributed by atoms with Crippen molar-refractivity contribution in [2.45, 2.75) is 38.5 Å². The number of carbonyl (C=O) groups is 1. The van der Waals surface area contributed by atoms with Gasteiger partial charge in [-0.2, -0.15) is 13.2 Å². The Balaban J connectivity index is 2.21. The second-order valence-corrected chi connectivity index (χ2v) is 6.23. The smallest absolute Gasteiger partial charge is 0.348 e. The molecule has 0 saturated carbocycles. The molecule has 0 aliphatic heterocycles. The molecule has 0 radical (unpaired) electrons. The van der Waals surface area contributed by atoms with Crippen molar-refractivity contribution in [2.75, 3.05) is 0 Å². The minimum atomic E-state index is -4.66. The minimum Gasteiger partial charge on any atom is -0.348 e. The van der Waals surface area contributed by atoms with Crippen molar-refractivity contribution in [3.63, 3.8) is 0 Å². The van der Waals surface area contributed by atoms with E-state index in [4.69, 9.17) is 11.6 Å². The van der Waals surface area contributed by atoms with E-state index in [9.17, 15) is 22.8 Å². The molecule has 4 nitrogen and oxygen atoms in total. The quantitative estimate of drug-likeness (QED) is 0.809. The Morgan fingerprint density at radius 2 is 1.92 bits per heavy atom. The van der Waals surface area contributed by atoms with Gasteiger partial charge in [0.2, 0.25) is 5.91 Å². The number of rotatable bonds is 6. The van der Waals surface area contributed by atoms with E-state index in [2.05, 4.69) is 5.32 Å². The van der Waals surface area contributed by atoms with Crippen LogP contribution in [0.5, 0.6) is 0 Å². The second kappa shape index (κ2) is 8.40. The van der Waals surface area contributed by atoms with Crippen LogP contribution >= 0.6 is 11.6 Å². The molecule has 26 heavy (non-hydrogen) atoms. The first-order chi connectivity index (χ1) is 12.2. The lowest BCUT2D eigenvalue weighted by Gasteiger charge is -2.19. The molecular weight excluding hydrogens is 369 g/mol. The zero-order valence-corrected chi connectivity index (χ0v) is 14.8. The summed E-state index contributed by atoms with van der Waals surface area (Å²) < 4.78 is 39.3. The number of alkyl halides is 3. The standard InChI is InChI=1S/C18H18ClF3N2O2/c1-2-6-15(12-7-4-3-5-8-12)23-16(25)11-24-10-13(18(20,21)22)9-14(19)17(24)26/h3-5,7-10,15H,2,6,11H2,1H3,(H,23,25)/t15-/m0/s1. The van der Waals surface area contributed by atoms with Gasteiger partial charge < -0.3 is 9.88 Å². The third-order valence-electron chi connectivity index (χ3n) is 3.80. The van der Waals surface area contributed by atoms with Crippen molar-refractivity contribution in [1.29, 1.82) is 0 Å². The zero-order valence-electron chi connectivity index (χ0n) is 14.0. The molecule has 1 aromatic heterocycles. The van der Waals surface area contributed by atoms with Crippen molar-refractivity contribution >= 4 is 17.5 Å². The van der Waals surface area contributed by atoms with E-state index in [1.54, 1.807) is 0 Å². The van der Waals surface area contributed by atoms with Crippen molar-refractivity contribution in [2.24, 2.45) is 0 Å². The molecule has 1 atom stereocenters. The lowest BCUT2D eigenvalue weighted by Crippen LogP contribution is -2.35. The number of nitrogens with one attached hydrogen (secondary N) is 1. The Hall–Kier alpha value is -2.28. The van der Waals surface area contributed by atoms with Crippen LogP contribution in [0.3, 0.4) is 0 Å². The molecule has 0 spiro atoms. The Bertz CT molecular complexity index is 819. The highest BCUT2D eigenvalue weighted by atomic mass is 35.5. The largest absolute Gasteiger partial charge is 0.417 e. The van der Waals surface area contributed by atoms with Gasteiger partial charge in [-0.25, -0.2) is 0 Å². The first-order valence-electron chi connectivity index (χ1n) is 8.04. The summed E-state index contributed by atoms with van der Waals surface area (Å²) in [6, 6.07) is 9.50. The molecular formula is C18H18ClF3N2O2. The molecule has 1 heterocycles. The van der Waals surface area contributed by atoms with Gasteiger partial charge in [0.05, 0.1) is 11.6 Å². The van der Waals surface area contributed by atoms with Gasteiger partial charge >= 0.3 is 6.18 Å². The SMILES string of the molecule is CCC[C@H](NC(=O)Cn1cc(C(F)(F)F)cc(Cl)c1=O)c1ccccc1. The van der Waals surface area contributed by atoms with Crippen LogP contribution in [0.2, 0.25) is 5.02 Å². The molecule has 0 unspecified atom stereocenters. The second-order valence-electron chi connectivity index (χ2n) is 5.83. The van der Waals surface area contributed by atoms with Crippen LogP contribution < -0.4 is 10.9 Å². The predicted octanol–water partition coefficient (Wildman–Crippen LogP) is 4.18. The fraction of sp³-hybridized carbons (Fsp3) is 0.333. The average Bonchev–Trinajstić information content (AvgIpc) is 2.58. The topological polar surface area (TPSA) is 51.1 Å². The molecule has 0 aliphatic carbocycles. The predicted molar refractivity (Wildman–Crippen MR) is 92.9 cm³/mol. The Morgan fingerprint density at radius 1 is 1.27 bits per heavy atom. The van der Waals surface area contributed by atoms with Crippen molar-refractivity contribution in [3.05, 3.63) is 69.1 Å². The van der Waals surface area contributed by atoms with E-state index in [0.29, 0.717) is 23.3 Å². The van der Waals surface area contributed by atoms with Gasteiger partial charge in [-0.1, -0.05) is 55.3 Å². The molecule has 140 valence electrons. The maximum absolute atomic E-state index is 12.9. The lowest BCUT2D eigenvalue weighted by molar-refractivity contribution is -0.138. The van der Waals surface area contributed by atoms with Crippen LogP contribution in [-0.2, 0) is 17.5 Å². The molecule has 1 aromatic carbocycles. The normalized spacial score (nSPS) is 12.7. The maximum atomic E-state index is 12.9. The van der Waals surface area contributed by atoms with Gasteiger partial charge in [0.1, 0.15) is 11.6 Å². The van der Waals surface area contributed by atoms with E-state index >= 15 is 0 Å². The lowest BCUT2D eigenvalue weighted by atomic mass is 10.0. The Labute approximate surface area is 153 Å². The highest BCUT2D eigenvalue weighted by Crippen LogP contribution is 2.29. The highest BCUT2D eigenvalue weighted by molar-refractivity contribution is 6.30. The van der Waals surface area contributed by atoms with Crippen molar-refractivity contribution < 1.29 is 18.0 Å². The van der Waals surface area contributed by atoms with E-state index in [1.165, 1.54) is 0 Å². The van der Waals surface area contributed by atoms with Gasteiger partial charge in [0, 0.05) is 6.20 Å². The molecule has 2 aromatic rings. The summed E-state index contributed by atoms with van der Waals surface area (Å²) in [5.41, 5.74) is -1.04. The maximum Gasteiger partial charge on any atom is 0.417 e. The fourth-order valence-corrected chi connectivity index (χ4v) is 2.79. The molecule has 8 heteroatoms. The number of amides is 1. The van der Waals surface area contributed by atoms with Gasteiger partial charge in [0.15, 0.2) is 0 Å². The number of carbonyl (C=O) groups excluding carboxylic acids is 1. The van der Waals surface area contributed by atoms with Gasteiger partial charge in [-0.3, -0.25) is 9.59 Å². The number of hydrogen-bond acceptors (Lipinski definition) is 2. The fourth-order valence-electron chi connectivity index (χ4n) is 2.56. The number of halogens is 4. The summed E-state index contributed by atoms with van der Waals surface area (Å²) in [5.74, 6) is -0.565. The summed E-state index contributed by atoms with van der Waals surface area (Å²) in [6.45, 7) is 1.41. The van der Waals surface area contributed by atoms with Gasteiger partial charge in [-0.15, -0.1) is 0 Å². The number of aromatic nitrogens is 1. The number of hydrogen-bond donors (Lipinski definition) is 1. The molecule has 1 amide bonds. The number of pyridine rings is 1. The monoisotopic (exact) mass is 386 g/mol. The molecule has 0 aliphatic rings. The van der Waals surface area contributed by atoms with Gasteiger partial charge in [0.25, 0.3) is 5.56 Å². The highest BCUT2D eigenvalue weighted by Gasteiger charge is 2.32. The van der Waals surface area contributed by atoms with Crippen LogP contribution in [-0.4, -0.2) is 10.5 Å². The van der Waals surface area contributed by atoms with E-state index in [0.717, 1.165) is 12.0 Å². The molecule has 0 bridgehead atoms. The summed E-state index contributed by atoms with van der Waals surface area (Å²) in [4.78, 5) is 24.2. The summed E-state index contributed by atoms with van der Waals surface area (Å²) >= 11 is 5.59. The van der Waals surface area contributed by atoms with Crippen LogP contribution in [0.15, 0.2) is 47.4 Å². The molecule has 1 N–H and O–H groups in total. The third-order valence-corrected chi connectivity index (χ3v) is 4.07. The van der Waals surface area contributed by atoms with E-state index in [1.807, 2.05) is 37.3 Å².